The Kier molecular flexibility index (Phi) is 5.92. The lowest BCUT2D eigenvalue weighted by Gasteiger charge is -2.35. The van der Waals surface area contributed by atoms with Crippen LogP contribution in [-0.4, -0.2) is 14.1 Å². The predicted octanol–water partition coefficient (Wildman–Crippen LogP) is 11.8. The maximum Gasteiger partial charge on any atom is 0.145 e. The highest BCUT2D eigenvalue weighted by Crippen LogP contribution is 2.50. The molecule has 0 amide bonds. The third-order valence-corrected chi connectivity index (χ3v) is 10.5. The van der Waals surface area contributed by atoms with Crippen LogP contribution in [0.1, 0.15) is 25.0 Å². The Balaban J connectivity index is 1.26. The van der Waals surface area contributed by atoms with Gasteiger partial charge in [0.15, 0.2) is 0 Å². The van der Waals surface area contributed by atoms with Crippen LogP contribution in [0.3, 0.4) is 0 Å². The topological polar surface area (TPSA) is 22.8 Å². The van der Waals surface area contributed by atoms with E-state index in [1.54, 1.807) is 0 Å². The molecule has 0 N–H and O–H groups in total. The molecule has 0 unspecified atom stereocenters. The van der Waals surface area contributed by atoms with Crippen LogP contribution in [-0.2, 0) is 5.41 Å². The summed E-state index contributed by atoms with van der Waals surface area (Å²) in [6, 6.07) is 59.3. The van der Waals surface area contributed by atoms with Gasteiger partial charge < -0.3 is 4.57 Å². The fourth-order valence-electron chi connectivity index (χ4n) is 8.06. The molecule has 0 bridgehead atoms. The second kappa shape index (κ2) is 10.4. The van der Waals surface area contributed by atoms with Crippen molar-refractivity contribution in [2.24, 2.45) is 0 Å². The van der Waals surface area contributed by atoms with E-state index in [1.165, 1.54) is 60.9 Å². The predicted molar refractivity (Wildman–Crippen MR) is 204 cm³/mol. The van der Waals surface area contributed by atoms with Gasteiger partial charge in [-0.05, 0) is 100 Å². The van der Waals surface area contributed by atoms with Gasteiger partial charge in [0.05, 0.1) is 27.8 Å². The third-order valence-electron chi connectivity index (χ3n) is 10.5. The van der Waals surface area contributed by atoms with Gasteiger partial charge in [-0.25, -0.2) is 4.98 Å². The van der Waals surface area contributed by atoms with Gasteiger partial charge in [-0.3, -0.25) is 4.57 Å². The molecule has 0 spiro atoms. The van der Waals surface area contributed by atoms with Crippen LogP contribution < -0.4 is 0 Å². The van der Waals surface area contributed by atoms with Crippen LogP contribution in [0.15, 0.2) is 164 Å². The van der Waals surface area contributed by atoms with Crippen molar-refractivity contribution in [1.82, 2.24) is 14.1 Å². The number of hydrogen-bond acceptors (Lipinski definition) is 1. The van der Waals surface area contributed by atoms with E-state index >= 15 is 0 Å². The normalized spacial score (nSPS) is 13.3. The van der Waals surface area contributed by atoms with Crippen LogP contribution in [0.4, 0.5) is 0 Å². The van der Waals surface area contributed by atoms with Crippen molar-refractivity contribution in [2.75, 3.05) is 0 Å². The molecular weight excluding hydrogens is 595 g/mol. The smallest absolute Gasteiger partial charge is 0.145 e. The van der Waals surface area contributed by atoms with Gasteiger partial charge in [0.2, 0.25) is 0 Å². The molecule has 1 aliphatic rings. The number of benzene rings is 7. The Morgan fingerprint density at radius 2 is 1.06 bits per heavy atom. The van der Waals surface area contributed by atoms with Gasteiger partial charge in [-0.2, -0.15) is 0 Å². The molecule has 2 aromatic heterocycles. The minimum Gasteiger partial charge on any atom is -0.309 e. The van der Waals surface area contributed by atoms with E-state index in [0.29, 0.717) is 0 Å². The zero-order valence-electron chi connectivity index (χ0n) is 27.4. The molecule has 0 fully saturated rings. The SMILES string of the molecule is CC1(C)c2cc(-c3nc4ccccc4n3-c3ccccc3)ccc2-n2c3ccc(-c4ccccc4)cc3c3cc(-c4ccccc4)cc1c32. The van der Waals surface area contributed by atoms with Crippen molar-refractivity contribution in [1.29, 1.82) is 0 Å². The van der Waals surface area contributed by atoms with Crippen molar-refractivity contribution in [3.05, 3.63) is 175 Å². The van der Waals surface area contributed by atoms with E-state index < -0.39 is 0 Å². The lowest BCUT2D eigenvalue weighted by atomic mass is 9.73. The Hall–Kier alpha value is -6.19. The van der Waals surface area contributed by atoms with Gasteiger partial charge >= 0.3 is 0 Å². The molecule has 3 heteroatoms. The highest BCUT2D eigenvalue weighted by molar-refractivity contribution is 6.14. The number of rotatable bonds is 4. The Morgan fingerprint density at radius 3 is 1.82 bits per heavy atom. The zero-order valence-corrected chi connectivity index (χ0v) is 27.4. The molecular formula is C46H33N3. The summed E-state index contributed by atoms with van der Waals surface area (Å²) in [7, 11) is 0. The maximum absolute atomic E-state index is 5.23. The minimum atomic E-state index is -0.273. The molecule has 7 aromatic carbocycles. The maximum atomic E-state index is 5.23. The van der Waals surface area contributed by atoms with Crippen LogP contribution in [0.2, 0.25) is 0 Å². The molecule has 9 aromatic rings. The summed E-state index contributed by atoms with van der Waals surface area (Å²) in [5, 5.41) is 2.56. The van der Waals surface area contributed by atoms with Crippen molar-refractivity contribution in [3.8, 4) is 45.0 Å². The van der Waals surface area contributed by atoms with E-state index in [0.717, 1.165) is 28.1 Å². The highest BCUT2D eigenvalue weighted by atomic mass is 15.1. The fourth-order valence-corrected chi connectivity index (χ4v) is 8.06. The third kappa shape index (κ3) is 4.12. The molecule has 232 valence electrons. The quantitative estimate of drug-likeness (QED) is 0.190. The molecule has 3 heterocycles. The zero-order chi connectivity index (χ0) is 32.7. The summed E-state index contributed by atoms with van der Waals surface area (Å²) >= 11 is 0. The second-order valence-electron chi connectivity index (χ2n) is 13.7. The molecule has 3 nitrogen and oxygen atoms in total. The minimum absolute atomic E-state index is 0.273. The first-order chi connectivity index (χ1) is 24.1. The number of para-hydroxylation sites is 3. The van der Waals surface area contributed by atoms with Crippen molar-refractivity contribution in [2.45, 2.75) is 19.3 Å². The highest BCUT2D eigenvalue weighted by Gasteiger charge is 2.36. The number of fused-ring (bicyclic) bond motifs is 6. The van der Waals surface area contributed by atoms with Crippen molar-refractivity contribution < 1.29 is 0 Å². The summed E-state index contributed by atoms with van der Waals surface area (Å²) < 4.78 is 4.80. The number of imidazole rings is 1. The molecule has 49 heavy (non-hydrogen) atoms. The average Bonchev–Trinajstić information content (AvgIpc) is 3.71. The second-order valence-corrected chi connectivity index (χ2v) is 13.7. The van der Waals surface area contributed by atoms with E-state index in [2.05, 4.69) is 187 Å². The van der Waals surface area contributed by atoms with Crippen LogP contribution in [0.25, 0.3) is 77.9 Å². The first kappa shape index (κ1) is 27.9. The Bertz CT molecular complexity index is 2710. The van der Waals surface area contributed by atoms with E-state index in [-0.39, 0.29) is 5.41 Å². The summed E-state index contributed by atoms with van der Waals surface area (Å²) in [4.78, 5) is 5.23. The van der Waals surface area contributed by atoms with Crippen molar-refractivity contribution in [3.63, 3.8) is 0 Å². The van der Waals surface area contributed by atoms with E-state index in [4.69, 9.17) is 4.98 Å². The van der Waals surface area contributed by atoms with Crippen LogP contribution in [0, 0.1) is 0 Å². The standard InChI is InChI=1S/C46H33N3/c1-46(2)38-28-33(45-47-40-20-12-13-21-43(40)48(45)35-18-10-5-11-19-35)23-25-42(38)49-41-24-22-32(30-14-6-3-7-15-30)26-36(41)37-27-34(29-39(46)44(37)49)31-16-8-4-9-17-31/h3-29H,1-2H3. The largest absolute Gasteiger partial charge is 0.309 e. The van der Waals surface area contributed by atoms with Crippen LogP contribution in [0.5, 0.6) is 0 Å². The first-order valence-corrected chi connectivity index (χ1v) is 17.0. The molecule has 10 rings (SSSR count). The molecule has 0 saturated carbocycles. The number of hydrogen-bond donors (Lipinski definition) is 0. The van der Waals surface area contributed by atoms with Gasteiger partial charge in [0, 0.05) is 27.4 Å². The molecule has 0 aliphatic carbocycles. The molecule has 0 radical (unpaired) electrons. The van der Waals surface area contributed by atoms with E-state index in [1.807, 2.05) is 0 Å². The monoisotopic (exact) mass is 627 g/mol. The van der Waals surface area contributed by atoms with Crippen LogP contribution >= 0.6 is 0 Å². The van der Waals surface area contributed by atoms with E-state index in [9.17, 15) is 0 Å². The summed E-state index contributed by atoms with van der Waals surface area (Å²) in [5.41, 5.74) is 15.3. The number of aromatic nitrogens is 3. The van der Waals surface area contributed by atoms with Gasteiger partial charge in [0.1, 0.15) is 5.82 Å². The average molecular weight is 628 g/mol. The first-order valence-electron chi connectivity index (χ1n) is 17.0. The molecule has 0 saturated heterocycles. The van der Waals surface area contributed by atoms with Gasteiger partial charge in [-0.1, -0.05) is 111 Å². The lowest BCUT2D eigenvalue weighted by Crippen LogP contribution is -2.26. The summed E-state index contributed by atoms with van der Waals surface area (Å²) in [6.07, 6.45) is 0. The Morgan fingerprint density at radius 1 is 0.449 bits per heavy atom. The van der Waals surface area contributed by atoms with Crippen molar-refractivity contribution >= 4 is 32.8 Å². The lowest BCUT2D eigenvalue weighted by molar-refractivity contribution is 0.630. The number of nitrogens with zero attached hydrogens (tertiary/aromatic N) is 3. The molecule has 0 atom stereocenters. The summed E-state index contributed by atoms with van der Waals surface area (Å²) in [6.45, 7) is 4.77. The Labute approximate surface area is 285 Å². The van der Waals surface area contributed by atoms with Gasteiger partial charge in [0.25, 0.3) is 0 Å². The molecule has 1 aliphatic heterocycles. The van der Waals surface area contributed by atoms with Gasteiger partial charge in [-0.15, -0.1) is 0 Å². The fraction of sp³-hybridized carbons (Fsp3) is 0.0652. The summed E-state index contributed by atoms with van der Waals surface area (Å²) in [5.74, 6) is 0.949.